The third-order valence-electron chi connectivity index (χ3n) is 2.99. The minimum absolute atomic E-state index is 0.0140. The van der Waals surface area contributed by atoms with Crippen LogP contribution in [0.15, 0.2) is 48.7 Å². The van der Waals surface area contributed by atoms with Gasteiger partial charge in [-0.25, -0.2) is 13.4 Å². The molecule has 1 aromatic carbocycles. The number of anilines is 1. The summed E-state index contributed by atoms with van der Waals surface area (Å²) in [6.45, 7) is 2.34. The normalized spacial score (nSPS) is 10.9. The van der Waals surface area contributed by atoms with E-state index in [2.05, 4.69) is 15.0 Å². The molecule has 2 N–H and O–H groups in total. The van der Waals surface area contributed by atoms with E-state index in [1.165, 1.54) is 6.20 Å². The maximum Gasteiger partial charge on any atom is 0.251 e. The summed E-state index contributed by atoms with van der Waals surface area (Å²) in [7, 11) is -3.58. The maximum atomic E-state index is 12.1. The van der Waals surface area contributed by atoms with Crippen LogP contribution in [0.3, 0.4) is 0 Å². The van der Waals surface area contributed by atoms with Crippen molar-refractivity contribution < 1.29 is 17.9 Å². The van der Waals surface area contributed by atoms with Crippen LogP contribution in [0.1, 0.15) is 17.3 Å². The number of nitrogens with one attached hydrogen (secondary N) is 2. The lowest BCUT2D eigenvalue weighted by Crippen LogP contribution is -2.31. The number of rotatable bonds is 8. The fourth-order valence-electron chi connectivity index (χ4n) is 1.93. The van der Waals surface area contributed by atoms with Crippen LogP contribution in [0.2, 0.25) is 0 Å². The van der Waals surface area contributed by atoms with Gasteiger partial charge in [0, 0.05) is 18.3 Å². The van der Waals surface area contributed by atoms with E-state index in [1.807, 2.05) is 6.92 Å². The summed E-state index contributed by atoms with van der Waals surface area (Å²) in [5.74, 6) is 0.230. The number of sulfonamides is 1. The number of pyridine rings is 1. The first-order valence-corrected chi connectivity index (χ1v) is 9.08. The molecule has 7 nitrogen and oxygen atoms in total. The van der Waals surface area contributed by atoms with Gasteiger partial charge in [-0.2, -0.15) is 0 Å². The first kappa shape index (κ1) is 17.7. The lowest BCUT2D eigenvalue weighted by Gasteiger charge is -2.09. The van der Waals surface area contributed by atoms with Crippen LogP contribution in [0.5, 0.6) is 5.75 Å². The summed E-state index contributed by atoms with van der Waals surface area (Å²) in [6.07, 6.45) is 1.49. The molecule has 1 amide bonds. The van der Waals surface area contributed by atoms with Gasteiger partial charge in [0.1, 0.15) is 11.6 Å². The molecule has 0 saturated carbocycles. The minimum atomic E-state index is -3.58. The van der Waals surface area contributed by atoms with E-state index in [9.17, 15) is 13.2 Å². The number of benzene rings is 1. The van der Waals surface area contributed by atoms with E-state index in [-0.39, 0.29) is 24.0 Å². The molecule has 0 aliphatic heterocycles. The Morgan fingerprint density at radius 1 is 1.21 bits per heavy atom. The van der Waals surface area contributed by atoms with Crippen molar-refractivity contribution in [3.63, 3.8) is 0 Å². The Hall–Kier alpha value is -2.61. The third-order valence-corrected chi connectivity index (χ3v) is 4.25. The predicted octanol–water partition coefficient (Wildman–Crippen LogP) is 1.65. The van der Waals surface area contributed by atoms with Gasteiger partial charge in [-0.05, 0) is 37.3 Å². The van der Waals surface area contributed by atoms with E-state index in [4.69, 9.17) is 4.74 Å². The van der Waals surface area contributed by atoms with Crippen molar-refractivity contribution in [1.29, 1.82) is 0 Å². The van der Waals surface area contributed by atoms with Gasteiger partial charge < -0.3 is 10.1 Å². The Morgan fingerprint density at radius 3 is 2.75 bits per heavy atom. The second-order valence-electron chi connectivity index (χ2n) is 4.85. The molecule has 0 fully saturated rings. The number of nitrogens with zero attached hydrogens (tertiary/aromatic N) is 1. The SMILES string of the molecule is CCOc1cccc(C(=O)NCCS(=O)(=O)Nc2ccccn2)c1. The van der Waals surface area contributed by atoms with Gasteiger partial charge in [0.05, 0.1) is 12.4 Å². The van der Waals surface area contributed by atoms with E-state index < -0.39 is 10.0 Å². The maximum absolute atomic E-state index is 12.1. The molecular weight excluding hydrogens is 330 g/mol. The van der Waals surface area contributed by atoms with Crippen LogP contribution in [-0.4, -0.2) is 38.2 Å². The molecule has 0 aliphatic carbocycles. The van der Waals surface area contributed by atoms with Crippen LogP contribution in [0.25, 0.3) is 0 Å². The van der Waals surface area contributed by atoms with Gasteiger partial charge in [0.15, 0.2) is 0 Å². The Kier molecular flexibility index (Phi) is 6.14. The molecule has 2 aromatic rings. The van der Waals surface area contributed by atoms with Gasteiger partial charge in [-0.1, -0.05) is 12.1 Å². The smallest absolute Gasteiger partial charge is 0.251 e. The fraction of sp³-hybridized carbons (Fsp3) is 0.250. The van der Waals surface area contributed by atoms with E-state index >= 15 is 0 Å². The van der Waals surface area contributed by atoms with Crippen molar-refractivity contribution in [2.24, 2.45) is 0 Å². The second kappa shape index (κ2) is 8.30. The molecule has 0 saturated heterocycles. The highest BCUT2D eigenvalue weighted by Crippen LogP contribution is 2.13. The molecule has 0 radical (unpaired) electrons. The number of hydrogen-bond acceptors (Lipinski definition) is 5. The van der Waals surface area contributed by atoms with Crippen LogP contribution in [0, 0.1) is 0 Å². The quantitative estimate of drug-likeness (QED) is 0.755. The Bertz CT molecular complexity index is 779. The summed E-state index contributed by atoms with van der Waals surface area (Å²) in [6, 6.07) is 11.6. The first-order chi connectivity index (χ1) is 11.5. The fourth-order valence-corrected chi connectivity index (χ4v) is 2.84. The van der Waals surface area contributed by atoms with Crippen LogP contribution < -0.4 is 14.8 Å². The van der Waals surface area contributed by atoms with Gasteiger partial charge in [-0.15, -0.1) is 0 Å². The summed E-state index contributed by atoms with van der Waals surface area (Å²) in [5, 5.41) is 2.58. The van der Waals surface area contributed by atoms with Crippen LogP contribution in [0.4, 0.5) is 5.82 Å². The van der Waals surface area contributed by atoms with E-state index in [0.717, 1.165) is 0 Å². The summed E-state index contributed by atoms with van der Waals surface area (Å²) < 4.78 is 31.5. The predicted molar refractivity (Wildman–Crippen MR) is 91.6 cm³/mol. The van der Waals surface area contributed by atoms with Crippen molar-refractivity contribution in [1.82, 2.24) is 10.3 Å². The van der Waals surface area contributed by atoms with E-state index in [0.29, 0.717) is 17.9 Å². The zero-order valence-corrected chi connectivity index (χ0v) is 14.0. The summed E-state index contributed by atoms with van der Waals surface area (Å²) >= 11 is 0. The number of aromatic nitrogens is 1. The molecule has 0 bridgehead atoms. The van der Waals surface area contributed by atoms with Gasteiger partial charge in [-0.3, -0.25) is 9.52 Å². The van der Waals surface area contributed by atoms with Crippen molar-refractivity contribution >= 4 is 21.7 Å². The molecule has 2 rings (SSSR count). The minimum Gasteiger partial charge on any atom is -0.494 e. The second-order valence-corrected chi connectivity index (χ2v) is 6.69. The number of hydrogen-bond donors (Lipinski definition) is 2. The zero-order chi connectivity index (χ0) is 17.4. The molecule has 0 unspecified atom stereocenters. The average molecular weight is 349 g/mol. The van der Waals surface area contributed by atoms with Crippen molar-refractivity contribution in [3.8, 4) is 5.75 Å². The summed E-state index contributed by atoms with van der Waals surface area (Å²) in [5.41, 5.74) is 0.413. The van der Waals surface area contributed by atoms with E-state index in [1.54, 1.807) is 42.5 Å². The molecular formula is C16H19N3O4S. The lowest BCUT2D eigenvalue weighted by molar-refractivity contribution is 0.0955. The van der Waals surface area contributed by atoms with Crippen molar-refractivity contribution in [2.75, 3.05) is 23.6 Å². The van der Waals surface area contributed by atoms with Crippen molar-refractivity contribution in [3.05, 3.63) is 54.2 Å². The molecule has 24 heavy (non-hydrogen) atoms. The van der Waals surface area contributed by atoms with Crippen LogP contribution >= 0.6 is 0 Å². The molecule has 128 valence electrons. The van der Waals surface area contributed by atoms with Gasteiger partial charge >= 0.3 is 0 Å². The number of amides is 1. The summed E-state index contributed by atoms with van der Waals surface area (Å²) in [4.78, 5) is 15.9. The highest BCUT2D eigenvalue weighted by Gasteiger charge is 2.12. The Balaban J connectivity index is 1.86. The average Bonchev–Trinajstić information content (AvgIpc) is 2.55. The van der Waals surface area contributed by atoms with Crippen LogP contribution in [-0.2, 0) is 10.0 Å². The monoisotopic (exact) mass is 349 g/mol. The molecule has 0 aliphatic rings. The molecule has 0 atom stereocenters. The third kappa shape index (κ3) is 5.54. The van der Waals surface area contributed by atoms with Gasteiger partial charge in [0.25, 0.3) is 5.91 Å². The standard InChI is InChI=1S/C16H19N3O4S/c1-2-23-14-7-5-6-13(12-14)16(20)18-10-11-24(21,22)19-15-8-3-4-9-17-15/h3-9,12H,2,10-11H2,1H3,(H,17,19)(H,18,20). The molecule has 0 spiro atoms. The van der Waals surface area contributed by atoms with Gasteiger partial charge in [0.2, 0.25) is 10.0 Å². The molecule has 1 aromatic heterocycles. The Morgan fingerprint density at radius 2 is 2.04 bits per heavy atom. The molecule has 8 heteroatoms. The molecule has 1 heterocycles. The topological polar surface area (TPSA) is 97.4 Å². The highest BCUT2D eigenvalue weighted by atomic mass is 32.2. The Labute approximate surface area is 141 Å². The lowest BCUT2D eigenvalue weighted by atomic mass is 10.2. The van der Waals surface area contributed by atoms with Crippen molar-refractivity contribution in [2.45, 2.75) is 6.92 Å². The first-order valence-electron chi connectivity index (χ1n) is 7.43. The number of ether oxygens (including phenoxy) is 1. The zero-order valence-electron chi connectivity index (χ0n) is 13.2. The number of carbonyl (C=O) groups excluding carboxylic acids is 1. The largest absolute Gasteiger partial charge is 0.494 e. The highest BCUT2D eigenvalue weighted by molar-refractivity contribution is 7.92. The number of carbonyl (C=O) groups is 1.